The normalized spacial score (nSPS) is 19.8. The van der Waals surface area contributed by atoms with Gasteiger partial charge < -0.3 is 15.3 Å². The Labute approximate surface area is 112 Å². The maximum atomic E-state index is 11.0. The molecule has 6 heteroatoms. The molecule has 1 aromatic heterocycles. The topological polar surface area (TPSA) is 78.3 Å². The number of aromatic carboxylic acids is 1. The van der Waals surface area contributed by atoms with Crippen molar-refractivity contribution in [2.45, 2.75) is 26.3 Å². The maximum absolute atomic E-state index is 11.0. The average molecular weight is 264 g/mol. The lowest BCUT2D eigenvalue weighted by molar-refractivity contribution is 0.0691. The lowest BCUT2D eigenvalue weighted by atomic mass is 10.1. The average Bonchev–Trinajstić information content (AvgIpc) is 2.85. The number of carboxylic acid groups (broad SMARTS) is 1. The van der Waals surface area contributed by atoms with E-state index in [1.165, 1.54) is 12.4 Å². The van der Waals surface area contributed by atoms with E-state index in [9.17, 15) is 4.79 Å². The van der Waals surface area contributed by atoms with Gasteiger partial charge in [0.1, 0.15) is 0 Å². The summed E-state index contributed by atoms with van der Waals surface area (Å²) < 4.78 is 0. The molecule has 0 aliphatic carbocycles. The molecule has 0 saturated carbocycles. The zero-order valence-corrected chi connectivity index (χ0v) is 11.3. The van der Waals surface area contributed by atoms with E-state index < -0.39 is 5.97 Å². The van der Waals surface area contributed by atoms with Crippen LogP contribution in [0.2, 0.25) is 0 Å². The van der Waals surface area contributed by atoms with Crippen LogP contribution >= 0.6 is 0 Å². The number of nitrogens with one attached hydrogen (secondary N) is 1. The van der Waals surface area contributed by atoms with E-state index >= 15 is 0 Å². The summed E-state index contributed by atoms with van der Waals surface area (Å²) in [5, 5.41) is 12.1. The zero-order valence-electron chi connectivity index (χ0n) is 11.3. The molecule has 0 bridgehead atoms. The van der Waals surface area contributed by atoms with Crippen LogP contribution in [0.15, 0.2) is 12.4 Å². The van der Waals surface area contributed by atoms with Gasteiger partial charge in [0, 0.05) is 31.5 Å². The van der Waals surface area contributed by atoms with Crippen molar-refractivity contribution in [2.24, 2.45) is 5.92 Å². The number of hydrogen-bond donors (Lipinski definition) is 2. The summed E-state index contributed by atoms with van der Waals surface area (Å²) in [5.41, 5.74) is -0.0128. The fourth-order valence-electron chi connectivity index (χ4n) is 2.36. The van der Waals surface area contributed by atoms with Gasteiger partial charge in [-0.25, -0.2) is 14.8 Å². The first kappa shape index (κ1) is 13.7. The van der Waals surface area contributed by atoms with Gasteiger partial charge in [-0.05, 0) is 32.7 Å². The smallest absolute Gasteiger partial charge is 0.358 e. The van der Waals surface area contributed by atoms with Crippen LogP contribution in [0.25, 0.3) is 0 Å². The molecule has 1 aliphatic rings. The molecule has 1 fully saturated rings. The van der Waals surface area contributed by atoms with E-state index in [0.29, 0.717) is 17.8 Å². The summed E-state index contributed by atoms with van der Waals surface area (Å²) in [6.07, 6.45) is 4.03. The molecule has 1 atom stereocenters. The molecule has 0 aromatic carbocycles. The maximum Gasteiger partial charge on any atom is 0.358 e. The molecule has 1 aromatic rings. The van der Waals surface area contributed by atoms with Gasteiger partial charge >= 0.3 is 5.97 Å². The Morgan fingerprint density at radius 2 is 2.26 bits per heavy atom. The molecule has 1 saturated heterocycles. The van der Waals surface area contributed by atoms with Gasteiger partial charge in [0.2, 0.25) is 0 Å². The van der Waals surface area contributed by atoms with E-state index in [1.54, 1.807) is 0 Å². The molecule has 6 nitrogen and oxygen atoms in total. The lowest BCUT2D eigenvalue weighted by Gasteiger charge is -2.20. The van der Waals surface area contributed by atoms with Crippen molar-refractivity contribution in [2.75, 3.05) is 25.0 Å². The summed E-state index contributed by atoms with van der Waals surface area (Å²) >= 11 is 0. The predicted octanol–water partition coefficient (Wildman–Crippen LogP) is 1.32. The summed E-state index contributed by atoms with van der Waals surface area (Å²) in [6, 6.07) is 0.566. The number of rotatable bonds is 5. The van der Waals surface area contributed by atoms with E-state index in [-0.39, 0.29) is 5.69 Å². The largest absolute Gasteiger partial charge is 0.476 e. The number of carboxylic acids is 1. The van der Waals surface area contributed by atoms with E-state index in [2.05, 4.69) is 34.0 Å². The summed E-state index contributed by atoms with van der Waals surface area (Å²) in [7, 11) is 0. The van der Waals surface area contributed by atoms with Crippen LogP contribution in [0, 0.1) is 5.92 Å². The minimum absolute atomic E-state index is 0.0128. The SMILES string of the molecule is CC(C)N1CCC(CNc2nccnc2C(=O)O)C1. The fourth-order valence-corrected chi connectivity index (χ4v) is 2.36. The Bertz CT molecular complexity index is 450. The Balaban J connectivity index is 1.91. The summed E-state index contributed by atoms with van der Waals surface area (Å²) in [6.45, 7) is 7.29. The predicted molar refractivity (Wildman–Crippen MR) is 72.3 cm³/mol. The van der Waals surface area contributed by atoms with Crippen LogP contribution in [-0.2, 0) is 0 Å². The second-order valence-electron chi connectivity index (χ2n) is 5.18. The molecule has 0 radical (unpaired) electrons. The van der Waals surface area contributed by atoms with Crippen molar-refractivity contribution in [3.63, 3.8) is 0 Å². The van der Waals surface area contributed by atoms with Gasteiger partial charge in [0.05, 0.1) is 0 Å². The molecule has 0 spiro atoms. The van der Waals surface area contributed by atoms with Crippen LogP contribution in [0.3, 0.4) is 0 Å². The number of likely N-dealkylation sites (tertiary alicyclic amines) is 1. The van der Waals surface area contributed by atoms with Gasteiger partial charge in [-0.15, -0.1) is 0 Å². The van der Waals surface area contributed by atoms with Crippen molar-refractivity contribution in [1.82, 2.24) is 14.9 Å². The van der Waals surface area contributed by atoms with Gasteiger partial charge in [-0.3, -0.25) is 0 Å². The molecule has 2 heterocycles. The second kappa shape index (κ2) is 5.97. The Morgan fingerprint density at radius 3 is 2.89 bits per heavy atom. The van der Waals surface area contributed by atoms with Crippen molar-refractivity contribution >= 4 is 11.8 Å². The minimum atomic E-state index is -1.05. The van der Waals surface area contributed by atoms with Crippen LogP contribution < -0.4 is 5.32 Å². The first-order valence-electron chi connectivity index (χ1n) is 6.60. The van der Waals surface area contributed by atoms with Crippen LogP contribution in [0.5, 0.6) is 0 Å². The molecule has 1 aliphatic heterocycles. The molecular weight excluding hydrogens is 244 g/mol. The fraction of sp³-hybridized carbons (Fsp3) is 0.615. The zero-order chi connectivity index (χ0) is 13.8. The first-order chi connectivity index (χ1) is 9.08. The third kappa shape index (κ3) is 3.41. The molecule has 2 N–H and O–H groups in total. The molecular formula is C13H20N4O2. The van der Waals surface area contributed by atoms with Crippen molar-refractivity contribution in [3.05, 3.63) is 18.1 Å². The summed E-state index contributed by atoms with van der Waals surface area (Å²) in [5.74, 6) is -0.158. The third-order valence-corrected chi connectivity index (χ3v) is 3.51. The van der Waals surface area contributed by atoms with E-state index in [4.69, 9.17) is 5.11 Å². The van der Waals surface area contributed by atoms with Gasteiger partial charge in [0.25, 0.3) is 0 Å². The molecule has 104 valence electrons. The number of nitrogens with zero attached hydrogens (tertiary/aromatic N) is 3. The number of anilines is 1. The third-order valence-electron chi connectivity index (χ3n) is 3.51. The van der Waals surface area contributed by atoms with E-state index in [1.807, 2.05) is 0 Å². The van der Waals surface area contributed by atoms with Crippen LogP contribution in [0.4, 0.5) is 5.82 Å². The van der Waals surface area contributed by atoms with Crippen LogP contribution in [0.1, 0.15) is 30.8 Å². The van der Waals surface area contributed by atoms with Gasteiger partial charge in [-0.2, -0.15) is 0 Å². The Kier molecular flexibility index (Phi) is 4.31. The van der Waals surface area contributed by atoms with Crippen molar-refractivity contribution in [1.29, 1.82) is 0 Å². The second-order valence-corrected chi connectivity index (χ2v) is 5.18. The minimum Gasteiger partial charge on any atom is -0.476 e. The highest BCUT2D eigenvalue weighted by Gasteiger charge is 2.24. The number of carbonyl (C=O) groups is 1. The monoisotopic (exact) mass is 264 g/mol. The lowest BCUT2D eigenvalue weighted by Crippen LogP contribution is -2.29. The Hall–Kier alpha value is -1.69. The highest BCUT2D eigenvalue weighted by molar-refractivity contribution is 5.90. The molecule has 1 unspecified atom stereocenters. The molecule has 19 heavy (non-hydrogen) atoms. The van der Waals surface area contributed by atoms with Gasteiger partial charge in [0.15, 0.2) is 11.5 Å². The van der Waals surface area contributed by atoms with Crippen LogP contribution in [-0.4, -0.2) is 51.6 Å². The first-order valence-corrected chi connectivity index (χ1v) is 6.60. The molecule has 0 amide bonds. The van der Waals surface area contributed by atoms with Crippen molar-refractivity contribution < 1.29 is 9.90 Å². The number of aromatic nitrogens is 2. The van der Waals surface area contributed by atoms with Gasteiger partial charge in [-0.1, -0.05) is 0 Å². The molecule has 2 rings (SSSR count). The quantitative estimate of drug-likeness (QED) is 0.835. The highest BCUT2D eigenvalue weighted by atomic mass is 16.4. The highest BCUT2D eigenvalue weighted by Crippen LogP contribution is 2.19. The summed E-state index contributed by atoms with van der Waals surface area (Å²) in [4.78, 5) is 21.3. The van der Waals surface area contributed by atoms with E-state index in [0.717, 1.165) is 26.1 Å². The van der Waals surface area contributed by atoms with Crippen molar-refractivity contribution in [3.8, 4) is 0 Å². The standard InChI is InChI=1S/C13H20N4O2/c1-9(2)17-6-3-10(8-17)7-16-12-11(13(18)19)14-4-5-15-12/h4-5,9-10H,3,6-8H2,1-2H3,(H,15,16)(H,18,19). The number of hydrogen-bond acceptors (Lipinski definition) is 5. The Morgan fingerprint density at radius 1 is 1.53 bits per heavy atom.